The highest BCUT2D eigenvalue weighted by Crippen LogP contribution is 2.13. The Morgan fingerprint density at radius 1 is 1.67 bits per heavy atom. The van der Waals surface area contributed by atoms with Gasteiger partial charge in [-0.2, -0.15) is 10.4 Å². The average Bonchev–Trinajstić information content (AvgIpc) is 2.97. The van der Waals surface area contributed by atoms with E-state index in [1.165, 1.54) is 17.4 Å². The Bertz CT molecular complexity index is 620. The van der Waals surface area contributed by atoms with Crippen molar-refractivity contribution in [3.8, 4) is 6.07 Å². The van der Waals surface area contributed by atoms with Crippen molar-refractivity contribution in [2.75, 3.05) is 5.32 Å². The first kappa shape index (κ1) is 12.0. The van der Waals surface area contributed by atoms with Crippen molar-refractivity contribution < 1.29 is 4.79 Å². The maximum absolute atomic E-state index is 11.8. The fourth-order valence-electron chi connectivity index (χ4n) is 1.28. The fourth-order valence-corrected chi connectivity index (χ4v) is 1.80. The number of thiazole rings is 1. The lowest BCUT2D eigenvalue weighted by Crippen LogP contribution is -2.13. The molecule has 0 aliphatic rings. The topological polar surface area (TPSA) is 83.6 Å². The van der Waals surface area contributed by atoms with E-state index >= 15 is 0 Å². The molecule has 0 aromatic carbocycles. The van der Waals surface area contributed by atoms with Crippen LogP contribution in [0.2, 0.25) is 0 Å². The minimum atomic E-state index is -0.476. The molecule has 1 N–H and O–H groups in total. The van der Waals surface area contributed by atoms with Gasteiger partial charge < -0.3 is 0 Å². The summed E-state index contributed by atoms with van der Waals surface area (Å²) < 4.78 is 1.60. The average molecular weight is 259 g/mol. The molecular formula is C11H9N5OS. The van der Waals surface area contributed by atoms with Crippen LogP contribution in [0.1, 0.15) is 5.56 Å². The quantitative estimate of drug-likeness (QED) is 0.667. The maximum Gasteiger partial charge on any atom is 0.268 e. The van der Waals surface area contributed by atoms with Gasteiger partial charge in [0.05, 0.1) is 6.20 Å². The maximum atomic E-state index is 11.8. The molecule has 0 fully saturated rings. The van der Waals surface area contributed by atoms with Crippen LogP contribution >= 0.6 is 11.3 Å². The van der Waals surface area contributed by atoms with Gasteiger partial charge in [0.2, 0.25) is 0 Å². The summed E-state index contributed by atoms with van der Waals surface area (Å²) in [5, 5.41) is 17.7. The number of rotatable bonds is 3. The van der Waals surface area contributed by atoms with Gasteiger partial charge in [-0.3, -0.25) is 14.8 Å². The Morgan fingerprint density at radius 3 is 3.06 bits per heavy atom. The molecule has 0 radical (unpaired) electrons. The molecule has 2 aromatic heterocycles. The summed E-state index contributed by atoms with van der Waals surface area (Å²) in [7, 11) is 1.76. The van der Waals surface area contributed by atoms with E-state index in [9.17, 15) is 4.79 Å². The van der Waals surface area contributed by atoms with Crippen LogP contribution in [0.3, 0.4) is 0 Å². The number of aromatic nitrogens is 3. The minimum Gasteiger partial charge on any atom is -0.297 e. The zero-order chi connectivity index (χ0) is 13.0. The van der Waals surface area contributed by atoms with Gasteiger partial charge in [0.25, 0.3) is 5.91 Å². The number of amides is 1. The van der Waals surface area contributed by atoms with Crippen molar-refractivity contribution in [1.82, 2.24) is 14.8 Å². The molecule has 2 aromatic rings. The highest BCUT2D eigenvalue weighted by atomic mass is 32.1. The molecular weight excluding hydrogens is 250 g/mol. The SMILES string of the molecule is Cn1cc(/C=C(\C#N)C(=O)Nc2nccs2)cn1. The molecule has 0 saturated carbocycles. The number of nitrogens with zero attached hydrogens (tertiary/aromatic N) is 4. The first-order chi connectivity index (χ1) is 8.69. The number of nitrogens with one attached hydrogen (secondary N) is 1. The van der Waals surface area contributed by atoms with Crippen LogP contribution in [0, 0.1) is 11.3 Å². The minimum absolute atomic E-state index is 0.0122. The Morgan fingerprint density at radius 2 is 2.50 bits per heavy atom. The van der Waals surface area contributed by atoms with Crippen molar-refractivity contribution in [1.29, 1.82) is 5.26 Å². The number of aryl methyl sites for hydroxylation is 1. The van der Waals surface area contributed by atoms with Gasteiger partial charge in [0.15, 0.2) is 5.13 Å². The lowest BCUT2D eigenvalue weighted by atomic mass is 10.2. The summed E-state index contributed by atoms with van der Waals surface area (Å²) in [4.78, 5) is 15.7. The molecule has 0 aliphatic heterocycles. The molecule has 7 heteroatoms. The third kappa shape index (κ3) is 2.81. The van der Waals surface area contributed by atoms with E-state index in [1.807, 2.05) is 6.07 Å². The number of hydrogen-bond donors (Lipinski definition) is 1. The third-order valence-electron chi connectivity index (χ3n) is 2.05. The predicted octanol–water partition coefficient (Wildman–Crippen LogP) is 1.42. The first-order valence-corrected chi connectivity index (χ1v) is 5.88. The van der Waals surface area contributed by atoms with Gasteiger partial charge in [-0.25, -0.2) is 4.98 Å². The van der Waals surface area contributed by atoms with Crippen LogP contribution in [0.5, 0.6) is 0 Å². The number of nitriles is 1. The first-order valence-electron chi connectivity index (χ1n) is 5.00. The second-order valence-electron chi connectivity index (χ2n) is 3.41. The van der Waals surface area contributed by atoms with Gasteiger partial charge in [0, 0.05) is 30.4 Å². The van der Waals surface area contributed by atoms with Crippen LogP contribution in [0.25, 0.3) is 6.08 Å². The zero-order valence-electron chi connectivity index (χ0n) is 9.49. The summed E-state index contributed by atoms with van der Waals surface area (Å²) in [6, 6.07) is 1.86. The summed E-state index contributed by atoms with van der Waals surface area (Å²) in [5.74, 6) is -0.476. The number of carbonyl (C=O) groups is 1. The van der Waals surface area contributed by atoms with Crippen LogP contribution in [0.15, 0.2) is 29.5 Å². The van der Waals surface area contributed by atoms with Gasteiger partial charge >= 0.3 is 0 Å². The van der Waals surface area contributed by atoms with Gasteiger partial charge in [-0.05, 0) is 6.08 Å². The third-order valence-corrected chi connectivity index (χ3v) is 2.74. The molecule has 2 heterocycles. The molecule has 0 bridgehead atoms. The second-order valence-corrected chi connectivity index (χ2v) is 4.30. The van der Waals surface area contributed by atoms with Crippen LogP contribution in [-0.2, 0) is 11.8 Å². The van der Waals surface area contributed by atoms with E-state index in [2.05, 4.69) is 15.4 Å². The van der Waals surface area contributed by atoms with Crippen LogP contribution in [0.4, 0.5) is 5.13 Å². The van der Waals surface area contributed by atoms with Crippen molar-refractivity contribution in [2.45, 2.75) is 0 Å². The smallest absolute Gasteiger partial charge is 0.268 e. The standard InChI is InChI=1S/C11H9N5OS/c1-16-7-8(6-14-16)4-9(5-12)10(17)15-11-13-2-3-18-11/h2-4,6-7H,1H3,(H,13,15,17)/b9-4+. The number of hydrogen-bond acceptors (Lipinski definition) is 5. The predicted molar refractivity (Wildman–Crippen MR) is 67.5 cm³/mol. The monoisotopic (exact) mass is 259 g/mol. The summed E-state index contributed by atoms with van der Waals surface area (Å²) in [5.41, 5.74) is 0.710. The normalized spacial score (nSPS) is 11.0. The zero-order valence-corrected chi connectivity index (χ0v) is 10.3. The molecule has 0 unspecified atom stereocenters. The highest BCUT2D eigenvalue weighted by molar-refractivity contribution is 7.13. The van der Waals surface area contributed by atoms with Crippen molar-refractivity contribution in [3.63, 3.8) is 0 Å². The fraction of sp³-hybridized carbons (Fsp3) is 0.0909. The largest absolute Gasteiger partial charge is 0.297 e. The van der Waals surface area contributed by atoms with Crippen molar-refractivity contribution >= 4 is 28.5 Å². The van der Waals surface area contributed by atoms with Gasteiger partial charge in [-0.15, -0.1) is 11.3 Å². The molecule has 0 saturated heterocycles. The van der Waals surface area contributed by atoms with Crippen LogP contribution < -0.4 is 5.32 Å². The van der Waals surface area contributed by atoms with E-state index in [1.54, 1.807) is 35.7 Å². The van der Waals surface area contributed by atoms with Gasteiger partial charge in [-0.1, -0.05) is 0 Å². The molecule has 2 rings (SSSR count). The summed E-state index contributed by atoms with van der Waals surface area (Å²) >= 11 is 1.29. The van der Waals surface area contributed by atoms with Crippen molar-refractivity contribution in [2.24, 2.45) is 7.05 Å². The van der Waals surface area contributed by atoms with Crippen LogP contribution in [-0.4, -0.2) is 20.7 Å². The second kappa shape index (κ2) is 5.25. The molecule has 0 spiro atoms. The molecule has 0 atom stereocenters. The molecule has 18 heavy (non-hydrogen) atoms. The van der Waals surface area contributed by atoms with Gasteiger partial charge in [0.1, 0.15) is 11.6 Å². The van der Waals surface area contributed by atoms with E-state index in [0.717, 1.165) is 0 Å². The Labute approximate surface area is 107 Å². The molecule has 6 nitrogen and oxygen atoms in total. The lowest BCUT2D eigenvalue weighted by Gasteiger charge is -1.98. The van der Waals surface area contributed by atoms with Crippen molar-refractivity contribution in [3.05, 3.63) is 35.1 Å². The number of anilines is 1. The molecule has 1 amide bonds. The van der Waals surface area contributed by atoms with E-state index in [-0.39, 0.29) is 5.57 Å². The molecule has 90 valence electrons. The Hall–Kier alpha value is -2.46. The Kier molecular flexibility index (Phi) is 3.50. The van der Waals surface area contributed by atoms with E-state index in [0.29, 0.717) is 10.7 Å². The Balaban J connectivity index is 2.16. The summed E-state index contributed by atoms with van der Waals surface area (Å²) in [6.07, 6.45) is 6.36. The highest BCUT2D eigenvalue weighted by Gasteiger charge is 2.10. The summed E-state index contributed by atoms with van der Waals surface area (Å²) in [6.45, 7) is 0. The van der Waals surface area contributed by atoms with E-state index < -0.39 is 5.91 Å². The number of carbonyl (C=O) groups excluding carboxylic acids is 1. The molecule has 0 aliphatic carbocycles. The van der Waals surface area contributed by atoms with E-state index in [4.69, 9.17) is 5.26 Å². The lowest BCUT2D eigenvalue weighted by molar-refractivity contribution is -0.112.